The number of nitrogens with one attached hydrogen (secondary N) is 2. The van der Waals surface area contributed by atoms with Gasteiger partial charge in [-0.05, 0) is 38.0 Å². The maximum absolute atomic E-state index is 12.9. The number of carbonyl (C=O) groups excluding carboxylic acids is 3. The molecule has 0 unspecified atom stereocenters. The summed E-state index contributed by atoms with van der Waals surface area (Å²) in [5.74, 6) is -0.962. The zero-order valence-corrected chi connectivity index (χ0v) is 16.1. The maximum Gasteiger partial charge on any atom is 0.325 e. The largest absolute Gasteiger partial charge is 0.325 e. The highest BCUT2D eigenvalue weighted by Gasteiger charge is 2.50. The SMILES string of the molecule is Cc1cccc(C)c1NC(=O)CN1C(=O)N[C@](C)(c2ccccc2Cl)C1=O. The molecule has 7 heteroatoms. The van der Waals surface area contributed by atoms with Crippen molar-refractivity contribution in [3.63, 3.8) is 0 Å². The topological polar surface area (TPSA) is 78.5 Å². The van der Waals surface area contributed by atoms with E-state index in [0.29, 0.717) is 16.3 Å². The molecule has 1 heterocycles. The number of rotatable bonds is 4. The summed E-state index contributed by atoms with van der Waals surface area (Å²) in [7, 11) is 0. The van der Waals surface area contributed by atoms with E-state index in [9.17, 15) is 14.4 Å². The Bertz CT molecular complexity index is 924. The molecule has 1 fully saturated rings. The number of carbonyl (C=O) groups is 3. The summed E-state index contributed by atoms with van der Waals surface area (Å²) in [5, 5.41) is 5.81. The van der Waals surface area contributed by atoms with Gasteiger partial charge in [-0.1, -0.05) is 48.0 Å². The summed E-state index contributed by atoms with van der Waals surface area (Å²) in [6.45, 7) is 4.96. The van der Waals surface area contributed by atoms with Gasteiger partial charge in [-0.3, -0.25) is 14.5 Å². The molecule has 0 radical (unpaired) electrons. The molecule has 0 spiro atoms. The summed E-state index contributed by atoms with van der Waals surface area (Å²) in [6.07, 6.45) is 0. The third-order valence-corrected chi connectivity index (χ3v) is 5.06. The Balaban J connectivity index is 1.80. The molecule has 1 atom stereocenters. The van der Waals surface area contributed by atoms with Gasteiger partial charge in [0.15, 0.2) is 0 Å². The van der Waals surface area contributed by atoms with Crippen LogP contribution in [-0.2, 0) is 15.1 Å². The number of halogens is 1. The van der Waals surface area contributed by atoms with Gasteiger partial charge in [0, 0.05) is 16.3 Å². The van der Waals surface area contributed by atoms with E-state index in [-0.39, 0.29) is 6.54 Å². The standard InChI is InChI=1S/C20H20ClN3O3/c1-12-7-6-8-13(2)17(12)22-16(25)11-24-18(26)20(3,23-19(24)27)14-9-4-5-10-15(14)21/h4-10H,11H2,1-3H3,(H,22,25)(H,23,27)/t20-/m1/s1. The van der Waals surface area contributed by atoms with Crippen molar-refractivity contribution in [1.29, 1.82) is 0 Å². The lowest BCUT2D eigenvalue weighted by Gasteiger charge is -2.23. The number of urea groups is 1. The molecule has 140 valence electrons. The highest BCUT2D eigenvalue weighted by molar-refractivity contribution is 6.32. The molecule has 4 amide bonds. The Kier molecular flexibility index (Phi) is 4.93. The molecule has 1 saturated heterocycles. The average Bonchev–Trinajstić information content (AvgIpc) is 2.82. The van der Waals surface area contributed by atoms with Crippen LogP contribution in [0.5, 0.6) is 0 Å². The van der Waals surface area contributed by atoms with Crippen LogP contribution in [0.3, 0.4) is 0 Å². The van der Waals surface area contributed by atoms with Gasteiger partial charge >= 0.3 is 6.03 Å². The molecule has 3 rings (SSSR count). The van der Waals surface area contributed by atoms with Gasteiger partial charge in [0.2, 0.25) is 5.91 Å². The van der Waals surface area contributed by atoms with E-state index in [4.69, 9.17) is 11.6 Å². The van der Waals surface area contributed by atoms with E-state index in [0.717, 1.165) is 16.0 Å². The molecule has 6 nitrogen and oxygen atoms in total. The van der Waals surface area contributed by atoms with Crippen molar-refractivity contribution in [1.82, 2.24) is 10.2 Å². The smallest absolute Gasteiger partial charge is 0.324 e. The first-order valence-corrected chi connectivity index (χ1v) is 8.87. The monoisotopic (exact) mass is 385 g/mol. The van der Waals surface area contributed by atoms with Crippen LogP contribution < -0.4 is 10.6 Å². The van der Waals surface area contributed by atoms with Crippen molar-refractivity contribution in [2.75, 3.05) is 11.9 Å². The molecule has 1 aliphatic rings. The molecule has 0 bridgehead atoms. The minimum atomic E-state index is -1.31. The van der Waals surface area contributed by atoms with Crippen LogP contribution in [0.15, 0.2) is 42.5 Å². The average molecular weight is 386 g/mol. The van der Waals surface area contributed by atoms with Crippen molar-refractivity contribution in [2.45, 2.75) is 26.3 Å². The molecule has 2 aromatic rings. The van der Waals surface area contributed by atoms with Gasteiger partial charge < -0.3 is 10.6 Å². The molecular formula is C20H20ClN3O3. The molecule has 0 saturated carbocycles. The second-order valence-electron chi connectivity index (χ2n) is 6.74. The van der Waals surface area contributed by atoms with Gasteiger partial charge in [0.05, 0.1) is 0 Å². The number of nitrogens with zero attached hydrogens (tertiary/aromatic N) is 1. The van der Waals surface area contributed by atoms with E-state index in [1.165, 1.54) is 0 Å². The van der Waals surface area contributed by atoms with Crippen molar-refractivity contribution in [2.24, 2.45) is 0 Å². The van der Waals surface area contributed by atoms with Gasteiger partial charge in [0.25, 0.3) is 5.91 Å². The fourth-order valence-corrected chi connectivity index (χ4v) is 3.55. The number of hydrogen-bond acceptors (Lipinski definition) is 3. The number of anilines is 1. The third-order valence-electron chi connectivity index (χ3n) is 4.73. The van der Waals surface area contributed by atoms with E-state index in [2.05, 4.69) is 10.6 Å². The number of imide groups is 1. The predicted molar refractivity (Wildman–Crippen MR) is 104 cm³/mol. The van der Waals surface area contributed by atoms with Crippen molar-refractivity contribution in [3.05, 3.63) is 64.2 Å². The fraction of sp³-hybridized carbons (Fsp3) is 0.250. The maximum atomic E-state index is 12.9. The van der Waals surface area contributed by atoms with Crippen LogP contribution in [0.25, 0.3) is 0 Å². The molecule has 0 aliphatic carbocycles. The highest BCUT2D eigenvalue weighted by atomic mass is 35.5. The summed E-state index contributed by atoms with van der Waals surface area (Å²) >= 11 is 6.20. The Morgan fingerprint density at radius 1 is 1.11 bits per heavy atom. The van der Waals surface area contributed by atoms with E-state index in [1.54, 1.807) is 31.2 Å². The summed E-state index contributed by atoms with van der Waals surface area (Å²) in [5.41, 5.74) is 1.67. The number of hydrogen-bond donors (Lipinski definition) is 2. The van der Waals surface area contributed by atoms with Gasteiger partial charge in [-0.2, -0.15) is 0 Å². The molecular weight excluding hydrogens is 366 g/mol. The lowest BCUT2D eigenvalue weighted by molar-refractivity contribution is -0.133. The Labute approximate surface area is 162 Å². The first-order valence-electron chi connectivity index (χ1n) is 8.49. The highest BCUT2D eigenvalue weighted by Crippen LogP contribution is 2.33. The van der Waals surface area contributed by atoms with Crippen LogP contribution in [0.2, 0.25) is 5.02 Å². The quantitative estimate of drug-likeness (QED) is 0.792. The lowest BCUT2D eigenvalue weighted by atomic mass is 9.92. The second kappa shape index (κ2) is 7.04. The summed E-state index contributed by atoms with van der Waals surface area (Å²) < 4.78 is 0. The number of benzene rings is 2. The van der Waals surface area contributed by atoms with Crippen molar-refractivity contribution in [3.8, 4) is 0 Å². The van der Waals surface area contributed by atoms with Gasteiger partial charge in [-0.25, -0.2) is 4.79 Å². The Hall–Kier alpha value is -2.86. The third kappa shape index (κ3) is 3.40. The lowest BCUT2D eigenvalue weighted by Crippen LogP contribution is -2.42. The van der Waals surface area contributed by atoms with Crippen LogP contribution >= 0.6 is 11.6 Å². The number of para-hydroxylation sites is 1. The van der Waals surface area contributed by atoms with E-state index < -0.39 is 23.4 Å². The molecule has 2 N–H and O–H groups in total. The van der Waals surface area contributed by atoms with Gasteiger partial charge in [-0.15, -0.1) is 0 Å². The minimum Gasteiger partial charge on any atom is -0.324 e. The first-order chi connectivity index (χ1) is 12.7. The van der Waals surface area contributed by atoms with Crippen LogP contribution in [0.4, 0.5) is 10.5 Å². The summed E-state index contributed by atoms with van der Waals surface area (Å²) in [6, 6.07) is 11.8. The van der Waals surface area contributed by atoms with Crippen LogP contribution in [0, 0.1) is 13.8 Å². The van der Waals surface area contributed by atoms with E-state index >= 15 is 0 Å². The van der Waals surface area contributed by atoms with Crippen molar-refractivity contribution < 1.29 is 14.4 Å². The zero-order chi connectivity index (χ0) is 19.8. The predicted octanol–water partition coefficient (Wildman–Crippen LogP) is 3.36. The Morgan fingerprint density at radius 2 is 1.74 bits per heavy atom. The van der Waals surface area contributed by atoms with Crippen LogP contribution in [0.1, 0.15) is 23.6 Å². The normalized spacial score (nSPS) is 19.2. The van der Waals surface area contributed by atoms with Crippen LogP contribution in [-0.4, -0.2) is 29.3 Å². The molecule has 1 aliphatic heterocycles. The number of aryl methyl sites for hydroxylation is 2. The fourth-order valence-electron chi connectivity index (χ4n) is 3.22. The second-order valence-corrected chi connectivity index (χ2v) is 7.15. The Morgan fingerprint density at radius 3 is 2.37 bits per heavy atom. The zero-order valence-electron chi connectivity index (χ0n) is 15.3. The number of amides is 4. The summed E-state index contributed by atoms with van der Waals surface area (Å²) in [4.78, 5) is 38.7. The molecule has 2 aromatic carbocycles. The van der Waals surface area contributed by atoms with Gasteiger partial charge in [0.1, 0.15) is 12.1 Å². The molecule has 0 aromatic heterocycles. The molecule has 27 heavy (non-hydrogen) atoms. The first kappa shape index (κ1) is 18.9. The minimum absolute atomic E-state index is 0.371. The van der Waals surface area contributed by atoms with E-state index in [1.807, 2.05) is 32.0 Å². The van der Waals surface area contributed by atoms with Crippen molar-refractivity contribution >= 4 is 35.1 Å².